The van der Waals surface area contributed by atoms with Crippen LogP contribution in [0.25, 0.3) is 0 Å². The lowest BCUT2D eigenvalue weighted by atomic mass is 9.79. The van der Waals surface area contributed by atoms with Crippen molar-refractivity contribution >= 4 is 23.2 Å². The summed E-state index contributed by atoms with van der Waals surface area (Å²) in [5.74, 6) is 0.218. The van der Waals surface area contributed by atoms with E-state index < -0.39 is 0 Å². The zero-order valence-electron chi connectivity index (χ0n) is 14.9. The lowest BCUT2D eigenvalue weighted by Gasteiger charge is -2.41. The van der Waals surface area contributed by atoms with Crippen LogP contribution in [-0.2, 0) is 4.79 Å². The standard InChI is InChI=1S/C18H27N3O2S/c1-4-20(14(3)22)15-10-18(8-6-5-7-9-18)21(11-15)17(23)16-13(2)19-12-24-16/h12,15H,4-11H2,1-3H3. The molecule has 3 rings (SSSR count). The number of amides is 2. The smallest absolute Gasteiger partial charge is 0.266 e. The highest BCUT2D eigenvalue weighted by Crippen LogP contribution is 2.44. The maximum absolute atomic E-state index is 13.2. The molecule has 6 heteroatoms. The molecule has 5 nitrogen and oxygen atoms in total. The van der Waals surface area contributed by atoms with Crippen molar-refractivity contribution in [3.8, 4) is 0 Å². The van der Waals surface area contributed by atoms with Gasteiger partial charge in [0.25, 0.3) is 5.91 Å². The zero-order chi connectivity index (χ0) is 17.3. The molecule has 1 aliphatic carbocycles. The van der Waals surface area contributed by atoms with Crippen molar-refractivity contribution in [2.75, 3.05) is 13.1 Å². The Kier molecular flexibility index (Phi) is 4.95. The molecule has 1 spiro atoms. The molecule has 1 aromatic rings. The van der Waals surface area contributed by atoms with E-state index in [2.05, 4.69) is 9.88 Å². The Morgan fingerprint density at radius 3 is 2.62 bits per heavy atom. The van der Waals surface area contributed by atoms with Crippen LogP contribution >= 0.6 is 11.3 Å². The van der Waals surface area contributed by atoms with Gasteiger partial charge in [0.15, 0.2) is 0 Å². The van der Waals surface area contributed by atoms with E-state index in [9.17, 15) is 9.59 Å². The van der Waals surface area contributed by atoms with Gasteiger partial charge in [-0.05, 0) is 33.1 Å². The molecule has 1 saturated heterocycles. The molecular formula is C18H27N3O2S. The fourth-order valence-corrected chi connectivity index (χ4v) is 5.33. The molecule has 132 valence electrons. The molecule has 0 radical (unpaired) electrons. The summed E-state index contributed by atoms with van der Waals surface area (Å²) in [6.45, 7) is 6.92. The van der Waals surface area contributed by atoms with Crippen LogP contribution in [0.3, 0.4) is 0 Å². The van der Waals surface area contributed by atoms with Gasteiger partial charge in [-0.15, -0.1) is 11.3 Å². The first-order chi connectivity index (χ1) is 11.5. The summed E-state index contributed by atoms with van der Waals surface area (Å²) < 4.78 is 0. The van der Waals surface area contributed by atoms with Gasteiger partial charge in [-0.25, -0.2) is 4.98 Å². The number of likely N-dealkylation sites (tertiary alicyclic amines) is 1. The summed E-state index contributed by atoms with van der Waals surface area (Å²) in [4.78, 5) is 34.3. The number of rotatable bonds is 3. The van der Waals surface area contributed by atoms with Crippen LogP contribution in [0.15, 0.2) is 5.51 Å². The average Bonchev–Trinajstić information content (AvgIpc) is 3.12. The van der Waals surface area contributed by atoms with Gasteiger partial charge in [-0.1, -0.05) is 19.3 Å². The normalized spacial score (nSPS) is 22.8. The van der Waals surface area contributed by atoms with Crippen LogP contribution in [0.4, 0.5) is 0 Å². The fourth-order valence-electron chi connectivity index (χ4n) is 4.58. The van der Waals surface area contributed by atoms with Crippen LogP contribution in [0, 0.1) is 6.92 Å². The SMILES string of the molecule is CCN(C(C)=O)C1CN(C(=O)c2scnc2C)C2(CCCCC2)C1. The van der Waals surface area contributed by atoms with Crippen molar-refractivity contribution < 1.29 is 9.59 Å². The Morgan fingerprint density at radius 2 is 2.08 bits per heavy atom. The fraction of sp³-hybridized carbons (Fsp3) is 0.722. The van der Waals surface area contributed by atoms with Crippen molar-refractivity contribution in [3.05, 3.63) is 16.1 Å². The van der Waals surface area contributed by atoms with E-state index in [1.165, 1.54) is 30.6 Å². The van der Waals surface area contributed by atoms with Crippen molar-refractivity contribution in [1.82, 2.24) is 14.8 Å². The summed E-state index contributed by atoms with van der Waals surface area (Å²) in [5, 5.41) is 0. The molecule has 2 fully saturated rings. The second-order valence-electron chi connectivity index (χ2n) is 7.13. The van der Waals surface area contributed by atoms with Gasteiger partial charge in [0.1, 0.15) is 4.88 Å². The van der Waals surface area contributed by atoms with Gasteiger partial charge in [0.2, 0.25) is 5.91 Å². The number of hydrogen-bond acceptors (Lipinski definition) is 4. The van der Waals surface area contributed by atoms with Gasteiger partial charge in [0, 0.05) is 25.6 Å². The van der Waals surface area contributed by atoms with Crippen LogP contribution in [-0.4, -0.2) is 51.3 Å². The minimum atomic E-state index is -0.0701. The maximum Gasteiger partial charge on any atom is 0.266 e. The summed E-state index contributed by atoms with van der Waals surface area (Å²) >= 11 is 1.43. The molecular weight excluding hydrogens is 322 g/mol. The van der Waals surface area contributed by atoms with Crippen molar-refractivity contribution in [3.63, 3.8) is 0 Å². The Balaban J connectivity index is 1.91. The summed E-state index contributed by atoms with van der Waals surface area (Å²) in [7, 11) is 0. The number of thiazole rings is 1. The monoisotopic (exact) mass is 349 g/mol. The van der Waals surface area contributed by atoms with Gasteiger partial charge in [-0.2, -0.15) is 0 Å². The van der Waals surface area contributed by atoms with Gasteiger partial charge >= 0.3 is 0 Å². The summed E-state index contributed by atoms with van der Waals surface area (Å²) in [6, 6.07) is 0.141. The predicted molar refractivity (Wildman–Crippen MR) is 95.2 cm³/mol. The molecule has 2 aliphatic rings. The number of aryl methyl sites for hydroxylation is 1. The maximum atomic E-state index is 13.2. The first-order valence-corrected chi connectivity index (χ1v) is 9.86. The Hall–Kier alpha value is -1.43. The van der Waals surface area contributed by atoms with Crippen molar-refractivity contribution in [1.29, 1.82) is 0 Å². The number of nitrogens with zero attached hydrogens (tertiary/aromatic N) is 3. The first kappa shape index (κ1) is 17.4. The van der Waals surface area contributed by atoms with Crippen LogP contribution in [0.5, 0.6) is 0 Å². The number of hydrogen-bond donors (Lipinski definition) is 0. The quantitative estimate of drug-likeness (QED) is 0.842. The molecule has 1 aromatic heterocycles. The molecule has 24 heavy (non-hydrogen) atoms. The summed E-state index contributed by atoms with van der Waals surface area (Å²) in [6.07, 6.45) is 6.63. The van der Waals surface area contributed by atoms with Crippen LogP contribution in [0.2, 0.25) is 0 Å². The molecule has 0 aromatic carbocycles. The van der Waals surface area contributed by atoms with E-state index in [1.807, 2.05) is 18.7 Å². The molecule has 0 bridgehead atoms. The third kappa shape index (κ3) is 2.96. The largest absolute Gasteiger partial charge is 0.338 e. The Labute approximate surface area is 148 Å². The Bertz CT molecular complexity index is 622. The van der Waals surface area contributed by atoms with E-state index in [0.717, 1.165) is 29.8 Å². The molecule has 1 aliphatic heterocycles. The number of carbonyl (C=O) groups excluding carboxylic acids is 2. The number of carbonyl (C=O) groups is 2. The molecule has 1 saturated carbocycles. The highest BCUT2D eigenvalue weighted by atomic mass is 32.1. The molecule has 1 atom stereocenters. The number of aromatic nitrogens is 1. The second kappa shape index (κ2) is 6.82. The van der Waals surface area contributed by atoms with E-state index in [0.29, 0.717) is 13.1 Å². The minimum absolute atomic E-state index is 0.0701. The van der Waals surface area contributed by atoms with Gasteiger partial charge in [0.05, 0.1) is 17.2 Å². The Morgan fingerprint density at radius 1 is 1.38 bits per heavy atom. The average molecular weight is 350 g/mol. The topological polar surface area (TPSA) is 53.5 Å². The van der Waals surface area contributed by atoms with Crippen LogP contribution < -0.4 is 0 Å². The molecule has 0 N–H and O–H groups in total. The van der Waals surface area contributed by atoms with Crippen molar-refractivity contribution in [2.24, 2.45) is 0 Å². The molecule has 1 unspecified atom stereocenters. The number of likely N-dealkylation sites (N-methyl/N-ethyl adjacent to an activating group) is 1. The highest BCUT2D eigenvalue weighted by Gasteiger charge is 2.50. The third-order valence-electron chi connectivity index (χ3n) is 5.74. The molecule has 2 heterocycles. The predicted octanol–water partition coefficient (Wildman–Crippen LogP) is 3.24. The highest BCUT2D eigenvalue weighted by molar-refractivity contribution is 7.11. The van der Waals surface area contributed by atoms with E-state index in [1.54, 1.807) is 12.4 Å². The lowest BCUT2D eigenvalue weighted by Crippen LogP contribution is -2.48. The first-order valence-electron chi connectivity index (χ1n) is 8.98. The zero-order valence-corrected chi connectivity index (χ0v) is 15.7. The van der Waals surface area contributed by atoms with Crippen LogP contribution in [0.1, 0.15) is 67.7 Å². The summed E-state index contributed by atoms with van der Waals surface area (Å²) in [5.41, 5.74) is 2.50. The van der Waals surface area contributed by atoms with E-state index in [-0.39, 0.29) is 23.4 Å². The van der Waals surface area contributed by atoms with E-state index >= 15 is 0 Å². The lowest BCUT2D eigenvalue weighted by molar-refractivity contribution is -0.130. The minimum Gasteiger partial charge on any atom is -0.338 e. The van der Waals surface area contributed by atoms with Crippen molar-refractivity contribution in [2.45, 2.75) is 70.9 Å². The van der Waals surface area contributed by atoms with Gasteiger partial charge in [-0.3, -0.25) is 9.59 Å². The van der Waals surface area contributed by atoms with E-state index in [4.69, 9.17) is 0 Å². The van der Waals surface area contributed by atoms with Gasteiger partial charge < -0.3 is 9.80 Å². The molecule has 2 amide bonds. The third-order valence-corrected chi connectivity index (χ3v) is 6.65. The second-order valence-corrected chi connectivity index (χ2v) is 7.99.